The van der Waals surface area contributed by atoms with Gasteiger partial charge in [0.25, 0.3) is 10.0 Å². The van der Waals surface area contributed by atoms with Crippen LogP contribution in [0.15, 0.2) is 41.3 Å². The molecule has 0 atom stereocenters. The summed E-state index contributed by atoms with van der Waals surface area (Å²) >= 11 is 0. The largest absolute Gasteiger partial charge is 0.495 e. The minimum Gasteiger partial charge on any atom is -0.495 e. The molecule has 1 N–H and O–H groups in total. The topological polar surface area (TPSA) is 58.6 Å². The number of anilines is 2. The Morgan fingerprint density at radius 1 is 1.04 bits per heavy atom. The molecular formula is C19H26N2O3S. The fourth-order valence-corrected chi connectivity index (χ4v) is 4.13. The summed E-state index contributed by atoms with van der Waals surface area (Å²) in [6, 6.07) is 10.8. The van der Waals surface area contributed by atoms with Crippen molar-refractivity contribution < 1.29 is 13.2 Å². The molecule has 0 aromatic heterocycles. The molecule has 0 aliphatic rings. The Hall–Kier alpha value is -2.21. The summed E-state index contributed by atoms with van der Waals surface area (Å²) in [6.07, 6.45) is 0. The van der Waals surface area contributed by atoms with Crippen molar-refractivity contribution in [2.75, 3.05) is 29.8 Å². The highest BCUT2D eigenvalue weighted by atomic mass is 32.2. The maximum Gasteiger partial charge on any atom is 0.265 e. The third kappa shape index (κ3) is 4.25. The molecule has 2 rings (SSSR count). The van der Waals surface area contributed by atoms with Gasteiger partial charge in [-0.3, -0.25) is 4.72 Å². The van der Waals surface area contributed by atoms with Crippen molar-refractivity contribution in [1.82, 2.24) is 0 Å². The summed E-state index contributed by atoms with van der Waals surface area (Å²) in [5.74, 6) is 0.329. The Kier molecular flexibility index (Phi) is 5.95. The summed E-state index contributed by atoms with van der Waals surface area (Å²) in [5.41, 5.74) is 3.38. The van der Waals surface area contributed by atoms with E-state index >= 15 is 0 Å². The molecule has 0 unspecified atom stereocenters. The second-order valence-corrected chi connectivity index (χ2v) is 7.58. The summed E-state index contributed by atoms with van der Waals surface area (Å²) < 4.78 is 33.5. The molecule has 0 saturated heterocycles. The zero-order valence-corrected chi connectivity index (χ0v) is 16.3. The molecule has 2 aromatic carbocycles. The molecule has 6 heteroatoms. The van der Waals surface area contributed by atoms with Crippen molar-refractivity contribution in [3.8, 4) is 5.75 Å². The van der Waals surface area contributed by atoms with Gasteiger partial charge in [0.2, 0.25) is 0 Å². The highest BCUT2D eigenvalue weighted by Gasteiger charge is 2.20. The first-order valence-electron chi connectivity index (χ1n) is 8.35. The Labute approximate surface area is 150 Å². The van der Waals surface area contributed by atoms with Crippen LogP contribution in [0.3, 0.4) is 0 Å². The third-order valence-corrected chi connectivity index (χ3v) is 5.58. The van der Waals surface area contributed by atoms with Gasteiger partial charge in [-0.2, -0.15) is 0 Å². The normalized spacial score (nSPS) is 11.2. The average Bonchev–Trinajstić information content (AvgIpc) is 2.58. The van der Waals surface area contributed by atoms with E-state index in [1.54, 1.807) is 12.1 Å². The fraction of sp³-hybridized carbons (Fsp3) is 0.368. The zero-order valence-electron chi connectivity index (χ0n) is 15.5. The lowest BCUT2D eigenvalue weighted by Crippen LogP contribution is -2.22. The first-order chi connectivity index (χ1) is 11.8. The molecule has 136 valence electrons. The molecule has 0 heterocycles. The predicted octanol–water partition coefficient (Wildman–Crippen LogP) is 3.96. The van der Waals surface area contributed by atoms with Crippen molar-refractivity contribution in [2.45, 2.75) is 32.6 Å². The van der Waals surface area contributed by atoms with Crippen molar-refractivity contribution in [2.24, 2.45) is 0 Å². The Morgan fingerprint density at radius 2 is 1.72 bits per heavy atom. The van der Waals surface area contributed by atoms with Crippen LogP contribution in [0.5, 0.6) is 5.75 Å². The predicted molar refractivity (Wildman–Crippen MR) is 103 cm³/mol. The van der Waals surface area contributed by atoms with Gasteiger partial charge < -0.3 is 9.64 Å². The van der Waals surface area contributed by atoms with Crippen LogP contribution in [0.25, 0.3) is 0 Å². The van der Waals surface area contributed by atoms with Crippen LogP contribution in [0.2, 0.25) is 0 Å². The number of ether oxygens (including phenoxy) is 1. The van der Waals surface area contributed by atoms with Crippen LogP contribution < -0.4 is 14.4 Å². The molecule has 0 amide bonds. The van der Waals surface area contributed by atoms with Gasteiger partial charge in [-0.1, -0.05) is 6.07 Å². The number of nitrogens with zero attached hydrogens (tertiary/aromatic N) is 1. The molecule has 0 saturated carbocycles. The molecule has 2 aromatic rings. The van der Waals surface area contributed by atoms with Gasteiger partial charge in [0.15, 0.2) is 0 Å². The number of rotatable bonds is 7. The van der Waals surface area contributed by atoms with Crippen LogP contribution in [-0.2, 0) is 10.0 Å². The van der Waals surface area contributed by atoms with Gasteiger partial charge in [-0.25, -0.2) is 8.42 Å². The minimum atomic E-state index is -3.73. The van der Waals surface area contributed by atoms with Crippen molar-refractivity contribution in [3.63, 3.8) is 0 Å². The van der Waals surface area contributed by atoms with Crippen molar-refractivity contribution in [1.29, 1.82) is 0 Å². The van der Waals surface area contributed by atoms with E-state index in [9.17, 15) is 8.42 Å². The highest BCUT2D eigenvalue weighted by Crippen LogP contribution is 2.29. The van der Waals surface area contributed by atoms with E-state index in [1.807, 2.05) is 38.1 Å². The van der Waals surface area contributed by atoms with E-state index in [-0.39, 0.29) is 4.90 Å². The van der Waals surface area contributed by atoms with Gasteiger partial charge >= 0.3 is 0 Å². The lowest BCUT2D eigenvalue weighted by molar-refractivity contribution is 0.402. The van der Waals surface area contributed by atoms with E-state index in [0.29, 0.717) is 11.4 Å². The van der Waals surface area contributed by atoms with E-state index < -0.39 is 10.0 Å². The van der Waals surface area contributed by atoms with Crippen molar-refractivity contribution in [3.05, 3.63) is 47.5 Å². The molecule has 0 bridgehead atoms. The quantitative estimate of drug-likeness (QED) is 0.810. The van der Waals surface area contributed by atoms with E-state index in [2.05, 4.69) is 23.5 Å². The van der Waals surface area contributed by atoms with E-state index in [1.165, 1.54) is 7.11 Å². The number of hydrogen-bond acceptors (Lipinski definition) is 4. The number of aryl methyl sites for hydroxylation is 2. The lowest BCUT2D eigenvalue weighted by Gasteiger charge is -2.22. The minimum absolute atomic E-state index is 0.141. The maximum atomic E-state index is 12.8. The fourth-order valence-electron chi connectivity index (χ4n) is 2.74. The van der Waals surface area contributed by atoms with Crippen LogP contribution in [0, 0.1) is 13.8 Å². The second-order valence-electron chi connectivity index (χ2n) is 5.93. The smallest absolute Gasteiger partial charge is 0.265 e. The van der Waals surface area contributed by atoms with Crippen molar-refractivity contribution >= 4 is 21.4 Å². The zero-order chi connectivity index (χ0) is 18.6. The first-order valence-corrected chi connectivity index (χ1v) is 9.83. The Balaban J connectivity index is 2.37. The van der Waals surface area contributed by atoms with Crippen LogP contribution in [0.1, 0.15) is 25.0 Å². The summed E-state index contributed by atoms with van der Waals surface area (Å²) in [6.45, 7) is 9.75. The van der Waals surface area contributed by atoms with Gasteiger partial charge in [-0.05, 0) is 69.2 Å². The molecule has 0 radical (unpaired) electrons. The average molecular weight is 362 g/mol. The number of nitrogens with one attached hydrogen (secondary N) is 1. The summed E-state index contributed by atoms with van der Waals surface area (Å²) in [4.78, 5) is 2.36. The Bertz CT molecular complexity index is 844. The number of benzene rings is 2. The third-order valence-electron chi connectivity index (χ3n) is 4.19. The summed E-state index contributed by atoms with van der Waals surface area (Å²) in [7, 11) is -2.27. The molecular weight excluding hydrogens is 336 g/mol. The molecule has 0 fully saturated rings. The van der Waals surface area contributed by atoms with Gasteiger partial charge in [0.05, 0.1) is 12.8 Å². The molecule has 0 aliphatic heterocycles. The highest BCUT2D eigenvalue weighted by molar-refractivity contribution is 7.92. The molecule has 0 aliphatic carbocycles. The van der Waals surface area contributed by atoms with E-state index in [0.717, 1.165) is 29.9 Å². The monoisotopic (exact) mass is 362 g/mol. The molecule has 5 nitrogen and oxygen atoms in total. The SMILES string of the molecule is CCN(CC)c1ccc(NS(=O)(=O)c2cc(C)ccc2OC)c(C)c1. The van der Waals surface area contributed by atoms with Crippen LogP contribution in [-0.4, -0.2) is 28.6 Å². The second kappa shape index (κ2) is 7.78. The molecule has 25 heavy (non-hydrogen) atoms. The number of sulfonamides is 1. The van der Waals surface area contributed by atoms with Gasteiger partial charge in [-0.15, -0.1) is 0 Å². The maximum absolute atomic E-state index is 12.8. The van der Waals surface area contributed by atoms with Gasteiger partial charge in [0, 0.05) is 18.8 Å². The lowest BCUT2D eigenvalue weighted by atomic mass is 10.1. The Morgan fingerprint density at radius 3 is 2.28 bits per heavy atom. The first kappa shape index (κ1) is 19.1. The van der Waals surface area contributed by atoms with Crippen LogP contribution in [0.4, 0.5) is 11.4 Å². The summed E-state index contributed by atoms with van der Waals surface area (Å²) in [5, 5.41) is 0. The number of hydrogen-bond donors (Lipinski definition) is 1. The standard InChI is InChI=1S/C19H26N2O3S/c1-6-21(7-2)16-9-10-17(15(4)13-16)20-25(22,23)19-12-14(3)8-11-18(19)24-5/h8-13,20H,6-7H2,1-5H3. The van der Waals surface area contributed by atoms with Crippen LogP contribution >= 0.6 is 0 Å². The van der Waals surface area contributed by atoms with Gasteiger partial charge in [0.1, 0.15) is 10.6 Å². The number of methoxy groups -OCH3 is 1. The molecule has 0 spiro atoms. The van der Waals surface area contributed by atoms with E-state index in [4.69, 9.17) is 4.74 Å².